The monoisotopic (exact) mass is 284 g/mol. The van der Waals surface area contributed by atoms with Crippen molar-refractivity contribution in [3.8, 4) is 0 Å². The maximum Gasteiger partial charge on any atom is 0.312 e. The Bertz CT molecular complexity index is 324. The highest BCUT2D eigenvalue weighted by Gasteiger charge is 2.49. The lowest BCUT2D eigenvalue weighted by Crippen LogP contribution is -2.44. The zero-order valence-corrected chi connectivity index (χ0v) is 13.1. The van der Waals surface area contributed by atoms with Gasteiger partial charge in [-0.05, 0) is 39.0 Å². The zero-order chi connectivity index (χ0) is 15.0. The Morgan fingerprint density at radius 1 is 1.10 bits per heavy atom. The molecule has 20 heavy (non-hydrogen) atoms. The molecule has 4 heteroatoms. The van der Waals surface area contributed by atoms with E-state index in [2.05, 4.69) is 6.92 Å². The third-order valence-corrected chi connectivity index (χ3v) is 4.29. The molecule has 0 spiro atoms. The summed E-state index contributed by atoms with van der Waals surface area (Å²) in [4.78, 5) is 24.5. The van der Waals surface area contributed by atoms with Gasteiger partial charge in [0.1, 0.15) is 0 Å². The minimum absolute atomic E-state index is 0.171. The van der Waals surface area contributed by atoms with Crippen LogP contribution < -0.4 is 0 Å². The van der Waals surface area contributed by atoms with Gasteiger partial charge >= 0.3 is 11.9 Å². The Morgan fingerprint density at radius 3 is 2.40 bits per heavy atom. The molecule has 1 rings (SSSR count). The van der Waals surface area contributed by atoms with Crippen molar-refractivity contribution in [3.05, 3.63) is 0 Å². The first-order chi connectivity index (χ1) is 9.60. The summed E-state index contributed by atoms with van der Waals surface area (Å²) in [6.07, 6.45) is 6.03. The molecule has 4 nitrogen and oxygen atoms in total. The molecule has 0 aromatic rings. The Kier molecular flexibility index (Phi) is 7.03. The molecule has 116 valence electrons. The minimum atomic E-state index is -0.656. The van der Waals surface area contributed by atoms with Gasteiger partial charge in [-0.15, -0.1) is 0 Å². The molecule has 0 saturated heterocycles. The topological polar surface area (TPSA) is 52.6 Å². The highest BCUT2D eigenvalue weighted by atomic mass is 16.5. The highest BCUT2D eigenvalue weighted by Crippen LogP contribution is 2.47. The normalized spacial score (nSPS) is 26.1. The summed E-state index contributed by atoms with van der Waals surface area (Å²) in [5, 5.41) is 0. The lowest BCUT2D eigenvalue weighted by atomic mass is 9.63. The molecule has 0 heterocycles. The van der Waals surface area contributed by atoms with Crippen LogP contribution in [0.3, 0.4) is 0 Å². The van der Waals surface area contributed by atoms with Gasteiger partial charge in [-0.3, -0.25) is 9.59 Å². The Labute approximate surface area is 122 Å². The average molecular weight is 284 g/mol. The van der Waals surface area contributed by atoms with Crippen LogP contribution in [0.1, 0.15) is 65.7 Å². The largest absolute Gasteiger partial charge is 0.466 e. The molecular weight excluding hydrogens is 256 g/mol. The summed E-state index contributed by atoms with van der Waals surface area (Å²) in [6, 6.07) is 0. The van der Waals surface area contributed by atoms with Crippen molar-refractivity contribution >= 4 is 11.9 Å². The van der Waals surface area contributed by atoms with Crippen LogP contribution in [0.5, 0.6) is 0 Å². The number of carbonyl (C=O) groups is 2. The lowest BCUT2D eigenvalue weighted by Gasteiger charge is -2.41. The first-order valence-electron chi connectivity index (χ1n) is 7.93. The van der Waals surface area contributed by atoms with Gasteiger partial charge in [0.05, 0.1) is 25.0 Å². The van der Waals surface area contributed by atoms with Gasteiger partial charge in [0.25, 0.3) is 0 Å². The highest BCUT2D eigenvalue weighted by molar-refractivity contribution is 5.84. The Morgan fingerprint density at radius 2 is 1.80 bits per heavy atom. The third kappa shape index (κ3) is 3.97. The number of esters is 2. The summed E-state index contributed by atoms with van der Waals surface area (Å²) in [5.41, 5.74) is -0.656. The second-order valence-corrected chi connectivity index (χ2v) is 5.59. The summed E-state index contributed by atoms with van der Waals surface area (Å²) >= 11 is 0. The van der Waals surface area contributed by atoms with E-state index in [4.69, 9.17) is 9.47 Å². The van der Waals surface area contributed by atoms with Crippen LogP contribution in [-0.2, 0) is 19.1 Å². The van der Waals surface area contributed by atoms with Crippen molar-refractivity contribution in [3.63, 3.8) is 0 Å². The second kappa shape index (κ2) is 8.28. The van der Waals surface area contributed by atoms with Crippen LogP contribution in [-0.4, -0.2) is 25.2 Å². The van der Waals surface area contributed by atoms with E-state index in [1.165, 1.54) is 0 Å². The van der Waals surface area contributed by atoms with Gasteiger partial charge in [0, 0.05) is 0 Å². The van der Waals surface area contributed by atoms with E-state index in [1.54, 1.807) is 6.92 Å². The Balaban J connectivity index is 2.96. The maximum absolute atomic E-state index is 12.5. The molecule has 0 aromatic carbocycles. The van der Waals surface area contributed by atoms with Gasteiger partial charge in [0.2, 0.25) is 0 Å². The molecule has 0 aromatic heterocycles. The smallest absolute Gasteiger partial charge is 0.312 e. The van der Waals surface area contributed by atoms with E-state index < -0.39 is 5.41 Å². The first kappa shape index (κ1) is 17.0. The average Bonchev–Trinajstić information content (AvgIpc) is 2.41. The molecule has 1 aliphatic rings. The zero-order valence-electron chi connectivity index (χ0n) is 13.1. The van der Waals surface area contributed by atoms with E-state index in [0.717, 1.165) is 38.5 Å². The first-order valence-corrected chi connectivity index (χ1v) is 7.93. The van der Waals surface area contributed by atoms with E-state index in [-0.39, 0.29) is 24.3 Å². The fourth-order valence-electron chi connectivity index (χ4n) is 3.40. The third-order valence-electron chi connectivity index (χ3n) is 4.29. The Hall–Kier alpha value is -1.06. The van der Waals surface area contributed by atoms with E-state index in [9.17, 15) is 9.59 Å². The number of ether oxygens (including phenoxy) is 2. The number of rotatable bonds is 7. The number of carbonyl (C=O) groups excluding carboxylic acids is 2. The van der Waals surface area contributed by atoms with Crippen LogP contribution >= 0.6 is 0 Å². The fourth-order valence-corrected chi connectivity index (χ4v) is 3.40. The molecule has 2 atom stereocenters. The second-order valence-electron chi connectivity index (χ2n) is 5.59. The standard InChI is InChI=1S/C16H28O4/c1-4-9-13-10-7-8-11-16(13,15(18)20-6-3)12-14(17)19-5-2/h13H,4-12H2,1-3H3. The lowest BCUT2D eigenvalue weighted by molar-refractivity contribution is -0.169. The summed E-state index contributed by atoms with van der Waals surface area (Å²) in [5.74, 6) is -0.237. The quantitative estimate of drug-likeness (QED) is 0.672. The predicted molar refractivity (Wildman–Crippen MR) is 77.2 cm³/mol. The van der Waals surface area contributed by atoms with Crippen molar-refractivity contribution in [2.75, 3.05) is 13.2 Å². The van der Waals surface area contributed by atoms with E-state index in [1.807, 2.05) is 6.92 Å². The van der Waals surface area contributed by atoms with Crippen molar-refractivity contribution in [1.29, 1.82) is 0 Å². The van der Waals surface area contributed by atoms with Gasteiger partial charge < -0.3 is 9.47 Å². The predicted octanol–water partition coefficient (Wildman–Crippen LogP) is 3.48. The van der Waals surface area contributed by atoms with Gasteiger partial charge in [-0.2, -0.15) is 0 Å². The SMILES string of the molecule is CCCC1CCCCC1(CC(=O)OCC)C(=O)OCC. The molecule has 0 N–H and O–H groups in total. The summed E-state index contributed by atoms with van der Waals surface area (Å²) in [6.45, 7) is 6.44. The molecule has 0 aliphatic heterocycles. The van der Waals surface area contributed by atoms with E-state index >= 15 is 0 Å². The van der Waals surface area contributed by atoms with Crippen LogP contribution in [0, 0.1) is 11.3 Å². The molecule has 1 aliphatic carbocycles. The molecule has 0 bridgehead atoms. The van der Waals surface area contributed by atoms with Crippen molar-refractivity contribution in [1.82, 2.24) is 0 Å². The fraction of sp³-hybridized carbons (Fsp3) is 0.875. The molecule has 0 amide bonds. The molecular formula is C16H28O4. The van der Waals surface area contributed by atoms with Crippen molar-refractivity contribution in [2.24, 2.45) is 11.3 Å². The molecule has 2 unspecified atom stereocenters. The number of hydrogen-bond acceptors (Lipinski definition) is 4. The van der Waals surface area contributed by atoms with Crippen molar-refractivity contribution < 1.29 is 19.1 Å². The summed E-state index contributed by atoms with van der Waals surface area (Å²) < 4.78 is 10.4. The molecule has 1 fully saturated rings. The van der Waals surface area contributed by atoms with Gasteiger partial charge in [0.15, 0.2) is 0 Å². The minimum Gasteiger partial charge on any atom is -0.466 e. The van der Waals surface area contributed by atoms with Gasteiger partial charge in [-0.1, -0.05) is 26.2 Å². The van der Waals surface area contributed by atoms with E-state index in [0.29, 0.717) is 13.2 Å². The van der Waals surface area contributed by atoms with Gasteiger partial charge in [-0.25, -0.2) is 0 Å². The van der Waals surface area contributed by atoms with Crippen LogP contribution in [0.15, 0.2) is 0 Å². The van der Waals surface area contributed by atoms with Crippen LogP contribution in [0.4, 0.5) is 0 Å². The molecule has 1 saturated carbocycles. The van der Waals surface area contributed by atoms with Crippen LogP contribution in [0.2, 0.25) is 0 Å². The maximum atomic E-state index is 12.5. The van der Waals surface area contributed by atoms with Crippen molar-refractivity contribution in [2.45, 2.75) is 65.7 Å². The number of hydrogen-bond donors (Lipinski definition) is 0. The summed E-state index contributed by atoms with van der Waals surface area (Å²) in [7, 11) is 0. The van der Waals surface area contributed by atoms with Crippen LogP contribution in [0.25, 0.3) is 0 Å². The molecule has 0 radical (unpaired) electrons.